The van der Waals surface area contributed by atoms with Gasteiger partial charge in [0.2, 0.25) is 5.91 Å². The van der Waals surface area contributed by atoms with Crippen LogP contribution < -0.4 is 10.5 Å². The summed E-state index contributed by atoms with van der Waals surface area (Å²) in [4.78, 5) is 37.6. The van der Waals surface area contributed by atoms with Crippen LogP contribution in [-0.2, 0) is 11.3 Å². The number of benzene rings is 1. The van der Waals surface area contributed by atoms with Gasteiger partial charge in [0.15, 0.2) is 11.6 Å². The molecule has 0 atom stereocenters. The number of carbonyl (C=O) groups excluding carboxylic acids is 1. The first kappa shape index (κ1) is 19.9. The summed E-state index contributed by atoms with van der Waals surface area (Å²) in [5.41, 5.74) is 0.545. The summed E-state index contributed by atoms with van der Waals surface area (Å²) in [7, 11) is 0. The molecule has 1 aliphatic heterocycles. The molecule has 0 aliphatic carbocycles. The Bertz CT molecular complexity index is 1280. The number of imidazole rings is 1. The molecule has 0 radical (unpaired) electrons. The molecule has 0 N–H and O–H groups in total. The van der Waals surface area contributed by atoms with Crippen LogP contribution in [0.4, 0.5) is 5.82 Å². The number of para-hydroxylation sites is 1. The average Bonchev–Trinajstić information content (AvgIpc) is 3.39. The molecule has 1 aromatic carbocycles. The van der Waals surface area contributed by atoms with Crippen molar-refractivity contribution in [3.05, 3.63) is 71.8 Å². The third-order valence-electron chi connectivity index (χ3n) is 5.66. The Balaban J connectivity index is 1.16. The van der Waals surface area contributed by atoms with Crippen LogP contribution in [0.3, 0.4) is 0 Å². The molecule has 162 valence electrons. The van der Waals surface area contributed by atoms with E-state index < -0.39 is 0 Å². The molecule has 0 spiro atoms. The van der Waals surface area contributed by atoms with Gasteiger partial charge >= 0.3 is 0 Å². The molecule has 10 nitrogen and oxygen atoms in total. The fourth-order valence-electron chi connectivity index (χ4n) is 3.84. The molecule has 0 saturated carbocycles. The van der Waals surface area contributed by atoms with Gasteiger partial charge in [-0.25, -0.2) is 9.97 Å². The number of carbonyl (C=O) groups is 1. The van der Waals surface area contributed by atoms with Gasteiger partial charge in [-0.1, -0.05) is 12.1 Å². The minimum Gasteiger partial charge on any atom is -0.352 e. The van der Waals surface area contributed by atoms with E-state index in [4.69, 9.17) is 0 Å². The molecule has 0 unspecified atom stereocenters. The number of aromatic nitrogens is 6. The van der Waals surface area contributed by atoms with Gasteiger partial charge in [0.05, 0.1) is 17.2 Å². The van der Waals surface area contributed by atoms with E-state index in [0.717, 1.165) is 5.82 Å². The molecule has 3 aromatic heterocycles. The Kier molecular flexibility index (Phi) is 5.32. The molecule has 1 amide bonds. The van der Waals surface area contributed by atoms with Gasteiger partial charge in [-0.15, -0.1) is 10.2 Å². The zero-order chi connectivity index (χ0) is 21.9. The maximum Gasteiger partial charge on any atom is 0.261 e. The van der Waals surface area contributed by atoms with Crippen molar-refractivity contribution in [2.75, 3.05) is 31.1 Å². The molecule has 1 fully saturated rings. The van der Waals surface area contributed by atoms with E-state index in [1.807, 2.05) is 35.4 Å². The fourth-order valence-corrected chi connectivity index (χ4v) is 3.84. The molecule has 32 heavy (non-hydrogen) atoms. The van der Waals surface area contributed by atoms with Crippen LogP contribution in [0.1, 0.15) is 6.42 Å². The Morgan fingerprint density at radius 3 is 2.47 bits per heavy atom. The Labute approximate surface area is 183 Å². The summed E-state index contributed by atoms with van der Waals surface area (Å²) in [6.45, 7) is 2.89. The molecule has 5 rings (SSSR count). The van der Waals surface area contributed by atoms with E-state index in [0.29, 0.717) is 49.4 Å². The summed E-state index contributed by atoms with van der Waals surface area (Å²) in [5.74, 6) is 1.53. The zero-order valence-electron chi connectivity index (χ0n) is 17.4. The summed E-state index contributed by atoms with van der Waals surface area (Å²) in [6.07, 6.45) is 6.96. The van der Waals surface area contributed by atoms with Crippen molar-refractivity contribution < 1.29 is 4.79 Å². The van der Waals surface area contributed by atoms with E-state index in [1.54, 1.807) is 29.2 Å². The zero-order valence-corrected chi connectivity index (χ0v) is 17.4. The predicted molar refractivity (Wildman–Crippen MR) is 119 cm³/mol. The number of piperazine rings is 1. The van der Waals surface area contributed by atoms with Crippen molar-refractivity contribution in [2.45, 2.75) is 13.0 Å². The van der Waals surface area contributed by atoms with Gasteiger partial charge < -0.3 is 9.80 Å². The second-order valence-corrected chi connectivity index (χ2v) is 7.60. The van der Waals surface area contributed by atoms with Crippen molar-refractivity contribution in [1.82, 2.24) is 34.2 Å². The van der Waals surface area contributed by atoms with Crippen LogP contribution >= 0.6 is 0 Å². The van der Waals surface area contributed by atoms with E-state index in [-0.39, 0.29) is 17.9 Å². The smallest absolute Gasteiger partial charge is 0.261 e. The van der Waals surface area contributed by atoms with E-state index in [2.05, 4.69) is 25.1 Å². The van der Waals surface area contributed by atoms with Gasteiger partial charge in [-0.2, -0.15) is 0 Å². The number of hydrogen-bond donors (Lipinski definition) is 0. The molecular weight excluding hydrogens is 408 g/mol. The van der Waals surface area contributed by atoms with Crippen LogP contribution in [0.15, 0.2) is 66.2 Å². The van der Waals surface area contributed by atoms with Gasteiger partial charge in [0.25, 0.3) is 5.56 Å². The monoisotopic (exact) mass is 430 g/mol. The highest BCUT2D eigenvalue weighted by Crippen LogP contribution is 2.15. The minimum absolute atomic E-state index is 0.0336. The van der Waals surface area contributed by atoms with Crippen LogP contribution in [0.2, 0.25) is 0 Å². The number of rotatable bonds is 5. The maximum atomic E-state index is 12.7. The van der Waals surface area contributed by atoms with Crippen molar-refractivity contribution >= 4 is 22.6 Å². The lowest BCUT2D eigenvalue weighted by Gasteiger charge is -2.35. The van der Waals surface area contributed by atoms with Gasteiger partial charge in [-0.05, 0) is 24.3 Å². The lowest BCUT2D eigenvalue weighted by molar-refractivity contribution is -0.131. The molecule has 0 bridgehead atoms. The molecule has 4 heterocycles. The third kappa shape index (κ3) is 3.94. The molecule has 10 heteroatoms. The van der Waals surface area contributed by atoms with Crippen molar-refractivity contribution in [3.8, 4) is 5.82 Å². The predicted octanol–water partition coefficient (Wildman–Crippen LogP) is 1.11. The van der Waals surface area contributed by atoms with Gasteiger partial charge in [-0.3, -0.25) is 18.7 Å². The Morgan fingerprint density at radius 2 is 1.72 bits per heavy atom. The molecular formula is C22H22N8O2. The van der Waals surface area contributed by atoms with Crippen molar-refractivity contribution in [1.29, 1.82) is 0 Å². The van der Waals surface area contributed by atoms with Crippen molar-refractivity contribution in [3.63, 3.8) is 0 Å². The van der Waals surface area contributed by atoms with Crippen LogP contribution in [0, 0.1) is 0 Å². The number of anilines is 1. The first-order valence-corrected chi connectivity index (χ1v) is 10.5. The quantitative estimate of drug-likeness (QED) is 0.467. The second kappa shape index (κ2) is 8.58. The third-order valence-corrected chi connectivity index (χ3v) is 5.66. The van der Waals surface area contributed by atoms with Gasteiger partial charge in [0.1, 0.15) is 6.33 Å². The van der Waals surface area contributed by atoms with Gasteiger partial charge in [0, 0.05) is 51.5 Å². The lowest BCUT2D eigenvalue weighted by Crippen LogP contribution is -2.49. The maximum absolute atomic E-state index is 12.7. The highest BCUT2D eigenvalue weighted by atomic mass is 16.2. The number of fused-ring (bicyclic) bond motifs is 1. The summed E-state index contributed by atoms with van der Waals surface area (Å²) >= 11 is 0. The van der Waals surface area contributed by atoms with Crippen LogP contribution in [0.25, 0.3) is 16.7 Å². The number of aryl methyl sites for hydroxylation is 1. The van der Waals surface area contributed by atoms with E-state index in [1.165, 1.54) is 10.9 Å². The highest BCUT2D eigenvalue weighted by molar-refractivity contribution is 5.77. The molecule has 4 aromatic rings. The average molecular weight is 430 g/mol. The van der Waals surface area contributed by atoms with Crippen LogP contribution in [0.5, 0.6) is 0 Å². The summed E-state index contributed by atoms with van der Waals surface area (Å²) < 4.78 is 3.30. The first-order valence-electron chi connectivity index (χ1n) is 10.5. The molecule has 1 saturated heterocycles. The largest absolute Gasteiger partial charge is 0.352 e. The number of hydrogen-bond acceptors (Lipinski definition) is 7. The number of amides is 1. The summed E-state index contributed by atoms with van der Waals surface area (Å²) in [5, 5.41) is 9.14. The fraction of sp³-hybridized carbons (Fsp3) is 0.273. The number of nitrogens with zero attached hydrogens (tertiary/aromatic N) is 8. The Morgan fingerprint density at radius 1 is 0.938 bits per heavy atom. The normalized spacial score (nSPS) is 14.1. The van der Waals surface area contributed by atoms with Crippen molar-refractivity contribution in [2.24, 2.45) is 0 Å². The molecule has 1 aliphatic rings. The second-order valence-electron chi connectivity index (χ2n) is 7.60. The minimum atomic E-state index is -0.120. The highest BCUT2D eigenvalue weighted by Gasteiger charge is 2.22. The Hall–Kier alpha value is -4.08. The topological polar surface area (TPSA) is 102 Å². The van der Waals surface area contributed by atoms with Crippen LogP contribution in [-0.4, -0.2) is 66.3 Å². The lowest BCUT2D eigenvalue weighted by atomic mass is 10.2. The standard InChI is InChI=1S/C22H22N8O2/c31-21(7-9-30-16-24-18-4-2-1-3-17(18)22(30)32)28-13-11-27(12-14-28)19-5-6-20(26-25-19)29-10-8-23-15-29/h1-6,8,10,15-16H,7,9,11-14H2. The summed E-state index contributed by atoms with van der Waals surface area (Å²) in [6, 6.07) is 11.1. The van der Waals surface area contributed by atoms with E-state index in [9.17, 15) is 9.59 Å². The SMILES string of the molecule is O=C(CCn1cnc2ccccc2c1=O)N1CCN(c2ccc(-n3ccnc3)nn2)CC1. The first-order chi connectivity index (χ1) is 15.7. The van der Waals surface area contributed by atoms with E-state index >= 15 is 0 Å².